The number of hydrogen-bond acceptors (Lipinski definition) is 7. The van der Waals surface area contributed by atoms with Crippen molar-refractivity contribution < 1.29 is 24.2 Å². The molecule has 9 nitrogen and oxygen atoms in total. The van der Waals surface area contributed by atoms with Crippen LogP contribution in [0.4, 0.5) is 0 Å². The molecule has 0 aliphatic carbocycles. The molecule has 218 valence electrons. The molecule has 0 radical (unpaired) electrons. The molecule has 39 heavy (non-hydrogen) atoms. The second-order valence-corrected chi connectivity index (χ2v) is 13.7. The minimum absolute atomic E-state index is 0.0449. The van der Waals surface area contributed by atoms with Gasteiger partial charge in [0, 0.05) is 69.5 Å². The lowest BCUT2D eigenvalue weighted by Crippen LogP contribution is -2.56. The van der Waals surface area contributed by atoms with E-state index in [0.29, 0.717) is 58.7 Å². The number of carbonyl (C=O) groups is 3. The van der Waals surface area contributed by atoms with Crippen molar-refractivity contribution in [2.75, 3.05) is 72.7 Å². The zero-order valence-corrected chi connectivity index (χ0v) is 25.4. The molecule has 2 bridgehead atoms. The number of aliphatic hydroxyl groups excluding tert-OH is 1. The minimum atomic E-state index is -0.655. The van der Waals surface area contributed by atoms with Gasteiger partial charge in [0.25, 0.3) is 0 Å². The smallest absolute Gasteiger partial charge is 0.247 e. The highest BCUT2D eigenvalue weighted by atomic mass is 79.9. The van der Waals surface area contributed by atoms with Crippen molar-refractivity contribution in [2.45, 2.75) is 46.5 Å². The molecule has 0 aromatic carbocycles. The summed E-state index contributed by atoms with van der Waals surface area (Å²) in [6, 6.07) is -0.633. The van der Waals surface area contributed by atoms with Crippen LogP contribution >= 0.6 is 27.7 Å². The van der Waals surface area contributed by atoms with Gasteiger partial charge in [-0.2, -0.15) is 0 Å². The van der Waals surface area contributed by atoms with Crippen molar-refractivity contribution in [3.8, 4) is 0 Å². The number of halogens is 1. The summed E-state index contributed by atoms with van der Waals surface area (Å²) in [4.78, 5) is 49.9. The predicted molar refractivity (Wildman–Crippen MR) is 157 cm³/mol. The molecule has 4 aliphatic rings. The van der Waals surface area contributed by atoms with Gasteiger partial charge >= 0.3 is 0 Å². The first-order valence-electron chi connectivity index (χ1n) is 14.1. The van der Waals surface area contributed by atoms with Crippen LogP contribution in [0, 0.1) is 11.8 Å². The van der Waals surface area contributed by atoms with Crippen molar-refractivity contribution in [3.63, 3.8) is 0 Å². The van der Waals surface area contributed by atoms with E-state index >= 15 is 0 Å². The number of ether oxygens (including phenoxy) is 1. The van der Waals surface area contributed by atoms with Gasteiger partial charge in [-0.15, -0.1) is 24.9 Å². The van der Waals surface area contributed by atoms with E-state index in [9.17, 15) is 19.5 Å². The molecule has 0 aromatic rings. The molecule has 4 fully saturated rings. The normalized spacial score (nSPS) is 31.8. The average molecular weight is 628 g/mol. The Bertz CT molecular complexity index is 934. The first-order chi connectivity index (χ1) is 18.8. The van der Waals surface area contributed by atoms with Crippen LogP contribution in [0.5, 0.6) is 0 Å². The number of fused-ring (bicyclic) bond motifs is 1. The third-order valence-electron chi connectivity index (χ3n) is 8.60. The van der Waals surface area contributed by atoms with E-state index in [2.05, 4.69) is 34.0 Å². The molecule has 11 heteroatoms. The van der Waals surface area contributed by atoms with Crippen molar-refractivity contribution in [3.05, 3.63) is 25.3 Å². The highest BCUT2D eigenvalue weighted by Gasteiger charge is 2.75. The Balaban J connectivity index is 1.64. The number of nitrogens with zero attached hydrogens (tertiary/aromatic N) is 4. The van der Waals surface area contributed by atoms with Gasteiger partial charge in [-0.25, -0.2) is 0 Å². The number of rotatable bonds is 14. The van der Waals surface area contributed by atoms with Gasteiger partial charge in [0.15, 0.2) is 0 Å². The van der Waals surface area contributed by atoms with Crippen LogP contribution in [-0.4, -0.2) is 136 Å². The van der Waals surface area contributed by atoms with Crippen molar-refractivity contribution in [1.29, 1.82) is 0 Å². The topological polar surface area (TPSA) is 93.6 Å². The van der Waals surface area contributed by atoms with E-state index in [1.165, 1.54) is 0 Å². The van der Waals surface area contributed by atoms with Gasteiger partial charge in [0.1, 0.15) is 6.04 Å². The fraction of sp³-hybridized carbons (Fsp3) is 0.750. The Hall–Kier alpha value is -1.40. The van der Waals surface area contributed by atoms with E-state index in [-0.39, 0.29) is 34.4 Å². The number of likely N-dealkylation sites (tertiary alicyclic amines) is 1. The molecule has 1 N–H and O–H groups in total. The van der Waals surface area contributed by atoms with E-state index in [0.717, 1.165) is 26.1 Å². The van der Waals surface area contributed by atoms with Crippen LogP contribution in [0.1, 0.15) is 25.7 Å². The van der Waals surface area contributed by atoms with Gasteiger partial charge in [-0.1, -0.05) is 28.1 Å². The quantitative estimate of drug-likeness (QED) is 0.178. The van der Waals surface area contributed by atoms with Gasteiger partial charge < -0.3 is 24.5 Å². The van der Waals surface area contributed by atoms with E-state index < -0.39 is 22.6 Å². The van der Waals surface area contributed by atoms with Crippen LogP contribution in [0.15, 0.2) is 25.3 Å². The minimum Gasteiger partial charge on any atom is -0.396 e. The summed E-state index contributed by atoms with van der Waals surface area (Å²) in [6.07, 6.45) is 6.24. The lowest BCUT2D eigenvalue weighted by atomic mass is 9.70. The molecule has 4 heterocycles. The fourth-order valence-corrected chi connectivity index (χ4v) is 10.3. The Morgan fingerprint density at radius 2 is 1.87 bits per heavy atom. The molecule has 4 aliphatic heterocycles. The summed E-state index contributed by atoms with van der Waals surface area (Å²) in [6.45, 7) is 13.4. The largest absolute Gasteiger partial charge is 0.396 e. The third kappa shape index (κ3) is 5.98. The molecule has 0 saturated carbocycles. The standard InChI is InChI=1S/C28H43BrN4O5S/c1-4-9-30(3)25(35)21-22-26(36)33(11-7-6-8-16-34)24(28(22)19-20(29)23(21)39-28)27(37)32(10-5-2)13-12-31-14-17-38-18-15-31/h4-5,20-24,34H,1-2,6-19H2,3H3/t20?,21-,22+,23-,24?,28?/m1/s1. The Morgan fingerprint density at radius 3 is 2.54 bits per heavy atom. The second kappa shape index (κ2) is 13.5. The van der Waals surface area contributed by atoms with E-state index in [1.807, 2.05) is 4.90 Å². The predicted octanol–water partition coefficient (Wildman–Crippen LogP) is 1.60. The monoisotopic (exact) mass is 626 g/mol. The number of aliphatic hydroxyl groups is 1. The first-order valence-corrected chi connectivity index (χ1v) is 15.9. The third-order valence-corrected chi connectivity index (χ3v) is 11.8. The molecule has 1 spiro atoms. The summed E-state index contributed by atoms with van der Waals surface area (Å²) in [5.74, 6) is -1.20. The maximum atomic E-state index is 14.5. The van der Waals surface area contributed by atoms with Crippen LogP contribution < -0.4 is 0 Å². The van der Waals surface area contributed by atoms with Crippen LogP contribution in [0.2, 0.25) is 0 Å². The summed E-state index contributed by atoms with van der Waals surface area (Å²) in [5.41, 5.74) is 0. The summed E-state index contributed by atoms with van der Waals surface area (Å²) < 4.78 is 4.82. The summed E-state index contributed by atoms with van der Waals surface area (Å²) >= 11 is 5.51. The molecule has 3 unspecified atom stereocenters. The number of amides is 3. The lowest BCUT2D eigenvalue weighted by molar-refractivity contribution is -0.144. The number of thioether (sulfide) groups is 1. The van der Waals surface area contributed by atoms with Gasteiger partial charge in [0.2, 0.25) is 17.7 Å². The molecular weight excluding hydrogens is 584 g/mol. The molecule has 4 rings (SSSR count). The molecule has 4 saturated heterocycles. The van der Waals surface area contributed by atoms with E-state index in [4.69, 9.17) is 4.74 Å². The molecule has 6 atom stereocenters. The highest BCUT2D eigenvalue weighted by molar-refractivity contribution is 9.09. The number of alkyl halides is 1. The van der Waals surface area contributed by atoms with Crippen LogP contribution in [-0.2, 0) is 19.1 Å². The van der Waals surface area contributed by atoms with Crippen molar-refractivity contribution in [2.24, 2.45) is 11.8 Å². The number of carbonyl (C=O) groups excluding carboxylic acids is 3. The highest BCUT2D eigenvalue weighted by Crippen LogP contribution is 2.68. The lowest BCUT2D eigenvalue weighted by Gasteiger charge is -2.39. The SMILES string of the molecule is C=CCN(C)C(=O)[C@H]1[C@@H]2SC3(CC2Br)C(C(=O)N(CC=C)CCN2CCOCC2)N(CCCCCO)C(=O)[C@H]13. The zero-order valence-electron chi connectivity index (χ0n) is 23.0. The number of morpholine rings is 1. The maximum Gasteiger partial charge on any atom is 0.247 e. The Labute approximate surface area is 245 Å². The van der Waals surface area contributed by atoms with Crippen molar-refractivity contribution in [1.82, 2.24) is 19.6 Å². The average Bonchev–Trinajstić information content (AvgIpc) is 3.52. The van der Waals surface area contributed by atoms with Crippen LogP contribution in [0.3, 0.4) is 0 Å². The second-order valence-electron chi connectivity index (χ2n) is 11.0. The van der Waals surface area contributed by atoms with Gasteiger partial charge in [-0.05, 0) is 25.7 Å². The summed E-state index contributed by atoms with van der Waals surface area (Å²) in [7, 11) is 1.75. The molecule has 3 amide bonds. The Morgan fingerprint density at radius 1 is 1.15 bits per heavy atom. The summed E-state index contributed by atoms with van der Waals surface area (Å²) in [5, 5.41) is 9.20. The number of unbranched alkanes of at least 4 members (excludes halogenated alkanes) is 2. The van der Waals surface area contributed by atoms with Crippen molar-refractivity contribution >= 4 is 45.4 Å². The molecular formula is C28H43BrN4O5S. The Kier molecular flexibility index (Phi) is 10.6. The fourth-order valence-electron chi connectivity index (χ4n) is 6.75. The van der Waals surface area contributed by atoms with E-state index in [1.54, 1.807) is 40.8 Å². The molecule has 0 aromatic heterocycles. The van der Waals surface area contributed by atoms with Gasteiger partial charge in [-0.3, -0.25) is 19.3 Å². The number of likely N-dealkylation sites (N-methyl/N-ethyl adjacent to an activating group) is 1. The first kappa shape index (κ1) is 30.6. The van der Waals surface area contributed by atoms with Crippen LogP contribution in [0.25, 0.3) is 0 Å². The zero-order chi connectivity index (χ0) is 28.2. The maximum absolute atomic E-state index is 14.5. The number of hydrogen-bond donors (Lipinski definition) is 1. The van der Waals surface area contributed by atoms with Gasteiger partial charge in [0.05, 0.1) is 29.8 Å².